The molecule has 1 aromatic heterocycles. The van der Waals surface area contributed by atoms with Gasteiger partial charge in [0, 0.05) is 26.7 Å². The summed E-state index contributed by atoms with van der Waals surface area (Å²) in [5.74, 6) is -0.735. The Morgan fingerprint density at radius 2 is 1.93 bits per heavy atom. The number of ether oxygens (including phenoxy) is 1. The number of Topliss-reactive ketones (excluding diaryl/α,β-unsaturated/α-hetero) is 1. The summed E-state index contributed by atoms with van der Waals surface area (Å²) in [7, 11) is 1.54. The van der Waals surface area contributed by atoms with Crippen molar-refractivity contribution in [2.75, 3.05) is 13.7 Å². The number of aromatic nitrogens is 1. The van der Waals surface area contributed by atoms with Gasteiger partial charge in [-0.05, 0) is 35.2 Å². The number of ketones is 1. The zero-order chi connectivity index (χ0) is 21.0. The molecule has 2 aromatic carbocycles. The number of methoxy groups -OCH3 is 1. The van der Waals surface area contributed by atoms with Crippen LogP contribution in [-0.4, -0.2) is 29.2 Å². The predicted molar refractivity (Wildman–Crippen MR) is 110 cm³/mol. The summed E-state index contributed by atoms with van der Waals surface area (Å²) in [6.07, 6.45) is 0.520. The van der Waals surface area contributed by atoms with Crippen LogP contribution >= 0.6 is 0 Å². The topological polar surface area (TPSA) is 92.3 Å². The van der Waals surface area contributed by atoms with Gasteiger partial charge < -0.3 is 9.84 Å². The van der Waals surface area contributed by atoms with Crippen LogP contribution in [0.3, 0.4) is 0 Å². The molecule has 1 heterocycles. The molecule has 29 heavy (non-hydrogen) atoms. The van der Waals surface area contributed by atoms with Crippen molar-refractivity contribution in [2.24, 2.45) is 0 Å². The van der Waals surface area contributed by atoms with Crippen LogP contribution in [0.2, 0.25) is 0 Å². The van der Waals surface area contributed by atoms with Crippen molar-refractivity contribution >= 4 is 16.6 Å². The number of carbonyl (C=O) groups is 1. The van der Waals surface area contributed by atoms with Gasteiger partial charge in [0.2, 0.25) is 5.88 Å². The summed E-state index contributed by atoms with van der Waals surface area (Å²) in [4.78, 5) is 25.7. The third-order valence-electron chi connectivity index (χ3n) is 5.04. The highest BCUT2D eigenvalue weighted by molar-refractivity contribution is 6.03. The number of nitrogens with zero attached hydrogens (tertiary/aromatic N) is 2. The van der Waals surface area contributed by atoms with Crippen LogP contribution in [-0.2, 0) is 17.7 Å². The lowest BCUT2D eigenvalue weighted by molar-refractivity contribution is 0.0988. The molecule has 0 saturated carbocycles. The van der Waals surface area contributed by atoms with E-state index in [1.54, 1.807) is 0 Å². The molecule has 1 N–H and O–H groups in total. The molecule has 0 radical (unpaired) electrons. The Morgan fingerprint density at radius 1 is 1.21 bits per heavy atom. The van der Waals surface area contributed by atoms with Crippen LogP contribution < -0.4 is 5.56 Å². The monoisotopic (exact) mass is 390 g/mol. The second-order valence-electron chi connectivity index (χ2n) is 6.85. The van der Waals surface area contributed by atoms with Crippen LogP contribution in [0.15, 0.2) is 47.3 Å². The number of pyridine rings is 1. The normalized spacial score (nSPS) is 10.8. The largest absolute Gasteiger partial charge is 0.494 e. The van der Waals surface area contributed by atoms with Crippen molar-refractivity contribution in [3.63, 3.8) is 0 Å². The molecule has 0 bridgehead atoms. The molecule has 148 valence electrons. The van der Waals surface area contributed by atoms with Crippen molar-refractivity contribution in [3.05, 3.63) is 75.1 Å². The third kappa shape index (κ3) is 3.91. The predicted octanol–water partition coefficient (Wildman–Crippen LogP) is 3.35. The number of hydrogen-bond acceptors (Lipinski definition) is 5. The Hall–Kier alpha value is -3.43. The second kappa shape index (κ2) is 8.72. The first-order valence-electron chi connectivity index (χ1n) is 9.34. The molecule has 0 unspecified atom stereocenters. The smallest absolute Gasteiger partial charge is 0.271 e. The maximum atomic E-state index is 13.2. The molecular weight excluding hydrogens is 368 g/mol. The van der Waals surface area contributed by atoms with E-state index in [1.807, 2.05) is 48.5 Å². The van der Waals surface area contributed by atoms with Crippen molar-refractivity contribution < 1.29 is 14.6 Å². The molecule has 6 nitrogen and oxygen atoms in total. The van der Waals surface area contributed by atoms with Crippen molar-refractivity contribution in [3.8, 4) is 11.9 Å². The van der Waals surface area contributed by atoms with Crippen molar-refractivity contribution in [1.29, 1.82) is 5.26 Å². The summed E-state index contributed by atoms with van der Waals surface area (Å²) in [5.41, 5.74) is 0.332. The average molecular weight is 390 g/mol. The minimum Gasteiger partial charge on any atom is -0.494 e. The van der Waals surface area contributed by atoms with Gasteiger partial charge in [-0.1, -0.05) is 42.5 Å². The van der Waals surface area contributed by atoms with Gasteiger partial charge in [-0.15, -0.1) is 0 Å². The highest BCUT2D eigenvalue weighted by Gasteiger charge is 2.24. The molecule has 3 rings (SSSR count). The number of hydrogen-bond donors (Lipinski definition) is 1. The summed E-state index contributed by atoms with van der Waals surface area (Å²) in [6.45, 7) is 2.07. The highest BCUT2D eigenvalue weighted by Crippen LogP contribution is 2.26. The molecule has 6 heteroatoms. The number of fused-ring (bicyclic) bond motifs is 1. The van der Waals surface area contributed by atoms with E-state index in [0.717, 1.165) is 20.9 Å². The first kappa shape index (κ1) is 20.3. The van der Waals surface area contributed by atoms with E-state index in [1.165, 1.54) is 14.0 Å². The number of benzene rings is 2. The summed E-state index contributed by atoms with van der Waals surface area (Å²) < 4.78 is 6.08. The van der Waals surface area contributed by atoms with E-state index in [2.05, 4.69) is 0 Å². The van der Waals surface area contributed by atoms with E-state index in [4.69, 9.17) is 4.74 Å². The highest BCUT2D eigenvalue weighted by atomic mass is 16.5. The molecule has 0 aliphatic carbocycles. The van der Waals surface area contributed by atoms with E-state index in [-0.39, 0.29) is 35.4 Å². The summed E-state index contributed by atoms with van der Waals surface area (Å²) in [5, 5.41) is 22.1. The fourth-order valence-electron chi connectivity index (χ4n) is 3.57. The minimum absolute atomic E-state index is 0.0199. The fraction of sp³-hybridized carbons (Fsp3) is 0.261. The number of rotatable bonds is 7. The number of nitriles is 1. The molecule has 3 aromatic rings. The third-order valence-corrected chi connectivity index (χ3v) is 5.04. The Bertz CT molecular complexity index is 1170. The Labute approximate surface area is 168 Å². The van der Waals surface area contributed by atoms with Gasteiger partial charge >= 0.3 is 0 Å². The zero-order valence-corrected chi connectivity index (χ0v) is 16.4. The standard InChI is InChI=1S/C23H22N2O4/c1-15-19(14-24)22(27)25(11-6-12-29-2)23(28)21(15)20(26)13-17-9-5-8-16-7-3-4-10-18(16)17/h3-5,7-10,28H,6,11-13H2,1-2H3. The first-order valence-corrected chi connectivity index (χ1v) is 9.34. The van der Waals surface area contributed by atoms with Gasteiger partial charge in [0.25, 0.3) is 5.56 Å². The quantitative estimate of drug-likeness (QED) is 0.493. The molecule has 0 aliphatic heterocycles. The van der Waals surface area contributed by atoms with Crippen molar-refractivity contribution in [1.82, 2.24) is 4.57 Å². The van der Waals surface area contributed by atoms with Crippen LogP contribution in [0.25, 0.3) is 10.8 Å². The van der Waals surface area contributed by atoms with E-state index in [9.17, 15) is 20.0 Å². The van der Waals surface area contributed by atoms with Crippen molar-refractivity contribution in [2.45, 2.75) is 26.3 Å². The van der Waals surface area contributed by atoms with E-state index >= 15 is 0 Å². The minimum atomic E-state index is -0.597. The summed E-state index contributed by atoms with van der Waals surface area (Å²) >= 11 is 0. The van der Waals surface area contributed by atoms with Crippen LogP contribution in [0.5, 0.6) is 5.88 Å². The molecule has 0 aliphatic rings. The molecule has 0 spiro atoms. The maximum Gasteiger partial charge on any atom is 0.271 e. The van der Waals surface area contributed by atoms with Crippen LogP contribution in [0, 0.1) is 18.3 Å². The number of aromatic hydroxyl groups is 1. The molecule has 0 atom stereocenters. The zero-order valence-electron chi connectivity index (χ0n) is 16.4. The molecular formula is C23H22N2O4. The van der Waals surface area contributed by atoms with Gasteiger partial charge in [-0.25, -0.2) is 0 Å². The van der Waals surface area contributed by atoms with E-state index < -0.39 is 11.4 Å². The number of carbonyl (C=O) groups excluding carboxylic acids is 1. The van der Waals surface area contributed by atoms with E-state index in [0.29, 0.717) is 13.0 Å². The maximum absolute atomic E-state index is 13.2. The molecule has 0 fully saturated rings. The Morgan fingerprint density at radius 3 is 2.66 bits per heavy atom. The average Bonchev–Trinajstić information content (AvgIpc) is 2.71. The lowest BCUT2D eigenvalue weighted by Gasteiger charge is -2.16. The lowest BCUT2D eigenvalue weighted by Crippen LogP contribution is -2.27. The van der Waals surface area contributed by atoms with Gasteiger partial charge in [-0.2, -0.15) is 5.26 Å². The van der Waals surface area contributed by atoms with Gasteiger partial charge in [0.05, 0.1) is 5.56 Å². The summed E-state index contributed by atoms with van der Waals surface area (Å²) in [6, 6.07) is 15.3. The van der Waals surface area contributed by atoms with Gasteiger partial charge in [-0.3, -0.25) is 14.2 Å². The van der Waals surface area contributed by atoms with Crippen LogP contribution in [0.1, 0.15) is 33.5 Å². The molecule has 0 saturated heterocycles. The van der Waals surface area contributed by atoms with Gasteiger partial charge in [0.1, 0.15) is 11.6 Å². The SMILES string of the molecule is COCCCn1c(O)c(C(=O)Cc2cccc3ccccc23)c(C)c(C#N)c1=O. The van der Waals surface area contributed by atoms with Gasteiger partial charge in [0.15, 0.2) is 5.78 Å². The fourth-order valence-corrected chi connectivity index (χ4v) is 3.57. The second-order valence-corrected chi connectivity index (χ2v) is 6.85. The first-order chi connectivity index (χ1) is 14.0. The van der Waals surface area contributed by atoms with Crippen LogP contribution in [0.4, 0.5) is 0 Å². The Kier molecular flexibility index (Phi) is 6.10. The lowest BCUT2D eigenvalue weighted by atomic mass is 9.95. The Balaban J connectivity index is 2.07. The molecule has 0 amide bonds.